The van der Waals surface area contributed by atoms with Gasteiger partial charge in [-0.3, -0.25) is 19.6 Å². The highest BCUT2D eigenvalue weighted by molar-refractivity contribution is 6.01. The summed E-state index contributed by atoms with van der Waals surface area (Å²) in [4.78, 5) is 35.0. The number of hydrogen-bond donors (Lipinski definition) is 2. The van der Waals surface area contributed by atoms with Gasteiger partial charge in [-0.15, -0.1) is 5.10 Å². The second-order valence-electron chi connectivity index (χ2n) is 6.65. The monoisotopic (exact) mass is 403 g/mol. The number of likely N-dealkylation sites (N-methyl/N-ethyl adjacent to an activating group) is 1. The fourth-order valence-electron chi connectivity index (χ4n) is 3.08. The zero-order valence-corrected chi connectivity index (χ0v) is 16.0. The summed E-state index contributed by atoms with van der Waals surface area (Å²) < 4.78 is 5.63. The van der Waals surface area contributed by atoms with Crippen LogP contribution in [0.2, 0.25) is 0 Å². The number of nitrogens with zero attached hydrogens (tertiary/aromatic N) is 5. The number of pyridine rings is 1. The Hall–Kier alpha value is -4.26. The summed E-state index contributed by atoms with van der Waals surface area (Å²) in [6, 6.07) is 11.7. The van der Waals surface area contributed by atoms with Gasteiger partial charge in [0.1, 0.15) is 18.5 Å². The first-order valence-corrected chi connectivity index (χ1v) is 9.11. The van der Waals surface area contributed by atoms with Crippen LogP contribution in [0.1, 0.15) is 27.6 Å². The van der Waals surface area contributed by atoms with Crippen molar-refractivity contribution in [1.29, 1.82) is 5.26 Å². The fourth-order valence-corrected chi connectivity index (χ4v) is 3.08. The van der Waals surface area contributed by atoms with E-state index >= 15 is 0 Å². The Kier molecular flexibility index (Phi) is 5.09. The molecule has 1 aliphatic rings. The quantitative estimate of drug-likeness (QED) is 0.658. The average molecular weight is 403 g/mol. The zero-order valence-electron chi connectivity index (χ0n) is 16.0. The summed E-state index contributed by atoms with van der Waals surface area (Å²) in [5, 5.41) is 18.3. The van der Waals surface area contributed by atoms with Crippen LogP contribution in [0.3, 0.4) is 0 Å². The van der Waals surface area contributed by atoms with Gasteiger partial charge in [-0.1, -0.05) is 12.1 Å². The van der Waals surface area contributed by atoms with Crippen LogP contribution in [0.5, 0.6) is 5.75 Å². The summed E-state index contributed by atoms with van der Waals surface area (Å²) in [5.74, 6) is 0.274. The topological polar surface area (TPSA) is 137 Å². The molecule has 0 saturated heterocycles. The van der Waals surface area contributed by atoms with E-state index in [4.69, 9.17) is 10.00 Å². The molecule has 10 heteroatoms. The molecular weight excluding hydrogens is 386 g/mol. The molecular formula is C20H17N7O3. The largest absolute Gasteiger partial charge is 0.487 e. The number of rotatable bonds is 4. The van der Waals surface area contributed by atoms with Gasteiger partial charge in [-0.05, 0) is 29.8 Å². The van der Waals surface area contributed by atoms with Crippen LogP contribution in [0.4, 0.5) is 5.82 Å². The van der Waals surface area contributed by atoms with E-state index < -0.39 is 11.9 Å². The van der Waals surface area contributed by atoms with Gasteiger partial charge in [0.15, 0.2) is 11.6 Å². The maximum absolute atomic E-state index is 12.7. The number of fused-ring (bicyclic) bond motifs is 1. The molecule has 1 unspecified atom stereocenters. The Labute approximate surface area is 171 Å². The molecule has 150 valence electrons. The van der Waals surface area contributed by atoms with E-state index in [1.54, 1.807) is 43.6 Å². The molecule has 3 aromatic rings. The van der Waals surface area contributed by atoms with E-state index in [0.717, 1.165) is 5.56 Å². The molecule has 2 amide bonds. The van der Waals surface area contributed by atoms with Gasteiger partial charge >= 0.3 is 0 Å². The predicted molar refractivity (Wildman–Crippen MR) is 105 cm³/mol. The third-order valence-electron chi connectivity index (χ3n) is 4.57. The second-order valence-corrected chi connectivity index (χ2v) is 6.65. The van der Waals surface area contributed by atoms with Gasteiger partial charge in [0.2, 0.25) is 5.82 Å². The van der Waals surface area contributed by atoms with E-state index in [2.05, 4.69) is 31.6 Å². The number of ether oxygens (including phenoxy) is 1. The van der Waals surface area contributed by atoms with E-state index in [-0.39, 0.29) is 18.3 Å². The summed E-state index contributed by atoms with van der Waals surface area (Å²) in [7, 11) is 1.57. The number of benzene rings is 1. The molecule has 0 spiro atoms. The number of nitrogens with one attached hydrogen (secondary N) is 2. The average Bonchev–Trinajstić information content (AvgIpc) is 3.20. The van der Waals surface area contributed by atoms with Crippen molar-refractivity contribution in [2.75, 3.05) is 18.6 Å². The Bertz CT molecular complexity index is 1150. The highest BCUT2D eigenvalue weighted by Crippen LogP contribution is 2.27. The van der Waals surface area contributed by atoms with Crippen LogP contribution in [0.25, 0.3) is 0 Å². The Morgan fingerprint density at radius 1 is 1.40 bits per heavy atom. The van der Waals surface area contributed by atoms with E-state index in [0.29, 0.717) is 29.4 Å². The van der Waals surface area contributed by atoms with E-state index in [1.807, 2.05) is 6.07 Å². The lowest BCUT2D eigenvalue weighted by Crippen LogP contribution is -2.49. The third-order valence-corrected chi connectivity index (χ3v) is 4.57. The van der Waals surface area contributed by atoms with Crippen molar-refractivity contribution >= 4 is 17.6 Å². The van der Waals surface area contributed by atoms with Crippen LogP contribution in [-0.2, 0) is 11.2 Å². The minimum atomic E-state index is -0.911. The Morgan fingerprint density at radius 3 is 3.10 bits per heavy atom. The number of amides is 2. The van der Waals surface area contributed by atoms with Gasteiger partial charge in [0.05, 0.1) is 11.6 Å². The number of anilines is 1. The molecule has 1 aromatic carbocycles. The molecule has 30 heavy (non-hydrogen) atoms. The zero-order chi connectivity index (χ0) is 21.1. The molecule has 0 aliphatic carbocycles. The number of H-pyrrole nitrogens is 1. The molecule has 2 aromatic heterocycles. The van der Waals surface area contributed by atoms with Crippen molar-refractivity contribution in [3.05, 3.63) is 65.4 Å². The third kappa shape index (κ3) is 3.81. The van der Waals surface area contributed by atoms with Crippen molar-refractivity contribution in [2.45, 2.75) is 12.5 Å². The summed E-state index contributed by atoms with van der Waals surface area (Å²) >= 11 is 0. The van der Waals surface area contributed by atoms with Crippen LogP contribution in [0, 0.1) is 11.3 Å². The lowest BCUT2D eigenvalue weighted by atomic mass is 10.1. The number of carbonyl (C=O) groups is 2. The van der Waals surface area contributed by atoms with Gasteiger partial charge < -0.3 is 10.1 Å². The number of hydrogen-bond acceptors (Lipinski definition) is 7. The molecule has 3 heterocycles. The van der Waals surface area contributed by atoms with Gasteiger partial charge in [0.25, 0.3) is 11.8 Å². The van der Waals surface area contributed by atoms with Crippen LogP contribution < -0.4 is 15.0 Å². The Balaban J connectivity index is 1.44. The minimum absolute atomic E-state index is 0.0359. The van der Waals surface area contributed by atoms with Crippen molar-refractivity contribution in [2.24, 2.45) is 0 Å². The molecule has 2 N–H and O–H groups in total. The first kappa shape index (κ1) is 19.1. The number of aromatic nitrogens is 4. The van der Waals surface area contributed by atoms with Crippen LogP contribution >= 0.6 is 0 Å². The Morgan fingerprint density at radius 2 is 2.27 bits per heavy atom. The second kappa shape index (κ2) is 8.00. The number of carbonyl (C=O) groups excluding carboxylic acids is 2. The molecule has 0 saturated carbocycles. The number of aromatic amines is 1. The summed E-state index contributed by atoms with van der Waals surface area (Å²) in [5.41, 5.74) is 1.40. The lowest BCUT2D eigenvalue weighted by molar-refractivity contribution is -0.120. The normalized spacial score (nSPS) is 15.5. The molecule has 0 fully saturated rings. The fraction of sp³-hybridized carbons (Fsp3) is 0.200. The molecule has 0 radical (unpaired) electrons. The van der Waals surface area contributed by atoms with E-state index in [1.165, 1.54) is 4.90 Å². The number of nitriles is 1. The van der Waals surface area contributed by atoms with Gasteiger partial charge in [-0.2, -0.15) is 5.26 Å². The van der Waals surface area contributed by atoms with Crippen molar-refractivity contribution in [1.82, 2.24) is 25.5 Å². The predicted octanol–water partition coefficient (Wildman–Crippen LogP) is 0.816. The molecule has 1 atom stereocenters. The highest BCUT2D eigenvalue weighted by atomic mass is 16.5. The first-order chi connectivity index (χ1) is 14.5. The molecule has 1 aliphatic heterocycles. The van der Waals surface area contributed by atoms with Gasteiger partial charge in [0, 0.05) is 19.7 Å². The van der Waals surface area contributed by atoms with Crippen molar-refractivity contribution in [3.63, 3.8) is 0 Å². The summed E-state index contributed by atoms with van der Waals surface area (Å²) in [6.07, 6.45) is 1.94. The SMILES string of the molecule is CN1C(=O)C(NC(=O)c2n[nH]c(Cc3cccc(C#N)c3)n2)COc2cccnc21. The standard InChI is InChI=1S/C20H17N7O3/c1-27-18-15(6-3-7-22-18)30-11-14(20(27)29)23-19(28)17-24-16(25-26-17)9-12-4-2-5-13(8-12)10-21/h2-8,14H,9,11H2,1H3,(H,23,28)(H,24,25,26). The maximum Gasteiger partial charge on any atom is 0.291 e. The van der Waals surface area contributed by atoms with Crippen LogP contribution in [0.15, 0.2) is 42.6 Å². The molecule has 4 rings (SSSR count). The highest BCUT2D eigenvalue weighted by Gasteiger charge is 2.32. The molecule has 10 nitrogen and oxygen atoms in total. The smallest absolute Gasteiger partial charge is 0.291 e. The molecule has 0 bridgehead atoms. The van der Waals surface area contributed by atoms with E-state index in [9.17, 15) is 9.59 Å². The first-order valence-electron chi connectivity index (χ1n) is 9.11. The van der Waals surface area contributed by atoms with Crippen molar-refractivity contribution < 1.29 is 14.3 Å². The maximum atomic E-state index is 12.7. The minimum Gasteiger partial charge on any atom is -0.487 e. The van der Waals surface area contributed by atoms with Crippen LogP contribution in [-0.4, -0.2) is 51.7 Å². The van der Waals surface area contributed by atoms with Gasteiger partial charge in [-0.25, -0.2) is 9.97 Å². The summed E-state index contributed by atoms with van der Waals surface area (Å²) in [6.45, 7) is -0.0359. The lowest BCUT2D eigenvalue weighted by Gasteiger charge is -2.18. The van der Waals surface area contributed by atoms with Crippen molar-refractivity contribution in [3.8, 4) is 11.8 Å².